The van der Waals surface area contributed by atoms with Crippen molar-refractivity contribution in [1.82, 2.24) is 0 Å². The average Bonchev–Trinajstić information content (AvgIpc) is 2.40. The van der Waals surface area contributed by atoms with E-state index in [0.29, 0.717) is 17.1 Å². The van der Waals surface area contributed by atoms with Gasteiger partial charge in [0, 0.05) is 0 Å². The number of rotatable bonds is 4. The van der Waals surface area contributed by atoms with Gasteiger partial charge in [-0.05, 0) is 0 Å². The van der Waals surface area contributed by atoms with Gasteiger partial charge in [-0.3, -0.25) is 0 Å². The van der Waals surface area contributed by atoms with Crippen LogP contribution in [0, 0.1) is 5.92 Å². The van der Waals surface area contributed by atoms with E-state index >= 15 is 0 Å². The Balaban J connectivity index is 0. The third kappa shape index (κ3) is 4.36. The minimum absolute atomic E-state index is 0. The molecule has 0 aromatic heterocycles. The summed E-state index contributed by atoms with van der Waals surface area (Å²) in [6, 6.07) is 0. The number of hydrogen-bond donors (Lipinski definition) is 1. The molecule has 0 heterocycles. The maximum absolute atomic E-state index is 13.4. The summed E-state index contributed by atoms with van der Waals surface area (Å²) in [5.74, 6) is 0.325. The van der Waals surface area contributed by atoms with Gasteiger partial charge in [-0.25, -0.2) is 0 Å². The van der Waals surface area contributed by atoms with Crippen molar-refractivity contribution in [2.75, 3.05) is 6.61 Å². The number of aliphatic hydroxyl groups is 1. The first-order valence-electron chi connectivity index (χ1n) is 6.38. The molecule has 0 bridgehead atoms. The van der Waals surface area contributed by atoms with E-state index in [1.807, 2.05) is 5.23 Å². The molecule has 0 saturated heterocycles. The van der Waals surface area contributed by atoms with Crippen LogP contribution < -0.4 is 0 Å². The standard InChI is InChI=1S/C9H13.C3H7O.CH3.2ClH.O.H2Si.Ti/c1-6-5-7(2)9(4)8(6)3;1-2-3-4;;;;;;/h6H,1-4H3;4H,1-3H2;1H3;2*1H;;1H2;. The van der Waals surface area contributed by atoms with Gasteiger partial charge in [-0.1, -0.05) is 0 Å². The third-order valence-electron chi connectivity index (χ3n) is 4.39. The summed E-state index contributed by atoms with van der Waals surface area (Å²) < 4.78 is 15.3. The van der Waals surface area contributed by atoms with Gasteiger partial charge in [0.15, 0.2) is 0 Å². The molecule has 0 fully saturated rings. The van der Waals surface area contributed by atoms with E-state index in [9.17, 15) is 3.32 Å². The van der Waals surface area contributed by atoms with Gasteiger partial charge < -0.3 is 0 Å². The van der Waals surface area contributed by atoms with Crippen LogP contribution in [-0.2, 0) is 17.3 Å². The van der Waals surface area contributed by atoms with Gasteiger partial charge in [0.1, 0.15) is 0 Å². The molecule has 1 aliphatic carbocycles. The van der Waals surface area contributed by atoms with E-state index in [2.05, 4.69) is 27.7 Å². The van der Waals surface area contributed by atoms with E-state index in [1.165, 1.54) is 20.6 Å². The number of aliphatic hydroxyl groups excluding tert-OH is 1. The van der Waals surface area contributed by atoms with Crippen LogP contribution in [0.3, 0.4) is 0 Å². The van der Waals surface area contributed by atoms with Crippen molar-refractivity contribution < 1.29 is 22.4 Å². The summed E-state index contributed by atoms with van der Waals surface area (Å²) in [6.07, 6.45) is 0.655. The summed E-state index contributed by atoms with van der Waals surface area (Å²) in [4.78, 5) is 0. The maximum Gasteiger partial charge on any atom is -0.147 e. The molecule has 0 saturated carbocycles. The molecule has 1 atom stereocenters. The summed E-state index contributed by atoms with van der Waals surface area (Å²) >= 11 is -3.76. The zero-order chi connectivity index (χ0) is 13.5. The average molecular weight is 362 g/mol. The van der Waals surface area contributed by atoms with Gasteiger partial charge in [-0.15, -0.1) is 24.8 Å². The second-order valence-electron chi connectivity index (χ2n) is 6.05. The van der Waals surface area contributed by atoms with E-state index in [0.717, 1.165) is 0 Å². The molecule has 6 heteroatoms. The Morgan fingerprint density at radius 3 is 2.00 bits per heavy atom. The Morgan fingerprint density at radius 2 is 1.68 bits per heavy atom. The van der Waals surface area contributed by atoms with Gasteiger partial charge in [-0.2, -0.15) is 0 Å². The summed E-state index contributed by atoms with van der Waals surface area (Å²) in [7, 11) is 1.73. The number of hydrogen-bond acceptors (Lipinski definition) is 2. The molecule has 1 rings (SSSR count). The van der Waals surface area contributed by atoms with Crippen LogP contribution in [0.5, 0.6) is 0 Å². The summed E-state index contributed by atoms with van der Waals surface area (Å²) in [6.45, 7) is 8.69. The maximum atomic E-state index is 13.4. The van der Waals surface area contributed by atoms with E-state index in [-0.39, 0.29) is 31.4 Å². The third-order valence-corrected chi connectivity index (χ3v) is 13.6. The van der Waals surface area contributed by atoms with Crippen molar-refractivity contribution in [3.8, 4) is 0 Å². The Kier molecular flexibility index (Phi) is 8.29. The Labute approximate surface area is 131 Å². The molecule has 0 spiro atoms. The van der Waals surface area contributed by atoms with Gasteiger partial charge >= 0.3 is 107 Å². The molecule has 1 unspecified atom stereocenters. The fourth-order valence-electron chi connectivity index (χ4n) is 3.18. The smallest absolute Gasteiger partial charge is 0.147 e. The molecular weight excluding hydrogens is 335 g/mol. The Bertz CT molecular complexity index is 529. The van der Waals surface area contributed by atoms with Crippen LogP contribution in [0.25, 0.3) is 0 Å². The van der Waals surface area contributed by atoms with E-state index in [4.69, 9.17) is 5.11 Å². The first kappa shape index (κ1) is 22.0. The molecular formula is C13H27Cl2O2SiTi. The molecule has 19 heavy (non-hydrogen) atoms. The molecule has 0 aromatic rings. The van der Waals surface area contributed by atoms with Crippen molar-refractivity contribution in [2.45, 2.75) is 44.1 Å². The van der Waals surface area contributed by atoms with Crippen LogP contribution in [0.1, 0.15) is 34.1 Å². The minimum atomic E-state index is -3.76. The van der Waals surface area contributed by atoms with Crippen molar-refractivity contribution in [1.29, 1.82) is 0 Å². The zero-order valence-electron chi connectivity index (χ0n) is 12.6. The predicted molar refractivity (Wildman–Crippen MR) is 86.3 cm³/mol. The first-order valence-corrected chi connectivity index (χ1v) is 14.5. The van der Waals surface area contributed by atoms with Gasteiger partial charge in [0.05, 0.1) is 0 Å². The van der Waals surface area contributed by atoms with E-state index < -0.39 is 14.0 Å². The quantitative estimate of drug-likeness (QED) is 0.777. The van der Waals surface area contributed by atoms with Gasteiger partial charge in [0.2, 0.25) is 0 Å². The van der Waals surface area contributed by atoms with Crippen LogP contribution >= 0.6 is 24.8 Å². The summed E-state index contributed by atoms with van der Waals surface area (Å²) in [5, 5.41) is 11.0. The van der Waals surface area contributed by atoms with Crippen molar-refractivity contribution >= 4 is 32.4 Å². The molecule has 1 N–H and O–H groups in total. The molecule has 0 radical (unpaired) electrons. The fourth-order valence-corrected chi connectivity index (χ4v) is 12.9. The Hall–Kier alpha value is 0.751. The normalized spacial score (nSPS) is 20.3. The Morgan fingerprint density at radius 1 is 1.21 bits per heavy atom. The fraction of sp³-hybridized carbons (Fsp3) is 0.692. The number of allylic oxidation sites excluding steroid dienone is 4. The van der Waals surface area contributed by atoms with E-state index in [1.54, 1.807) is 7.63 Å². The molecule has 0 aromatic carbocycles. The first-order chi connectivity index (χ1) is 7.60. The van der Waals surface area contributed by atoms with Crippen LogP contribution in [-0.4, -0.2) is 19.3 Å². The SMILES string of the molecule is CC1=C(C)C(C)[C]([Ti]([CH3])(=[O])(=[SiH2])[CH2]CCO)=C1C.Cl.Cl. The topological polar surface area (TPSA) is 37.3 Å². The minimum Gasteiger partial charge on any atom is -0.147 e. The second-order valence-corrected chi connectivity index (χ2v) is 22.0. The monoisotopic (exact) mass is 361 g/mol. The number of halogens is 2. The largest absolute Gasteiger partial charge is 0.147 e. The van der Waals surface area contributed by atoms with Crippen molar-refractivity contribution in [3.63, 3.8) is 0 Å². The van der Waals surface area contributed by atoms with Crippen LogP contribution in [0.2, 0.25) is 9.95 Å². The molecule has 1 aliphatic rings. The predicted octanol–water partition coefficient (Wildman–Crippen LogP) is 3.52. The van der Waals surface area contributed by atoms with Gasteiger partial charge in [0.25, 0.3) is 0 Å². The zero-order valence-corrected chi connectivity index (χ0v) is 17.2. The summed E-state index contributed by atoms with van der Waals surface area (Å²) in [5.41, 5.74) is 3.93. The second kappa shape index (κ2) is 7.15. The molecule has 113 valence electrons. The molecule has 0 aliphatic heterocycles. The molecule has 2 nitrogen and oxygen atoms in total. The van der Waals surface area contributed by atoms with Crippen molar-refractivity contribution in [3.05, 3.63) is 20.6 Å². The van der Waals surface area contributed by atoms with Crippen molar-refractivity contribution in [2.24, 2.45) is 5.92 Å². The molecule has 0 amide bonds. The van der Waals surface area contributed by atoms with Crippen LogP contribution in [0.15, 0.2) is 20.6 Å². The van der Waals surface area contributed by atoms with Crippen LogP contribution in [0.4, 0.5) is 0 Å².